The molecule has 1 fully saturated rings. The van der Waals surface area contributed by atoms with Crippen molar-refractivity contribution < 1.29 is 13.6 Å². The summed E-state index contributed by atoms with van der Waals surface area (Å²) in [5.41, 5.74) is 4.06. The van der Waals surface area contributed by atoms with Crippen molar-refractivity contribution in [2.24, 2.45) is 0 Å². The van der Waals surface area contributed by atoms with Crippen LogP contribution >= 0.6 is 0 Å². The van der Waals surface area contributed by atoms with Crippen molar-refractivity contribution in [3.05, 3.63) is 95.3 Å². The van der Waals surface area contributed by atoms with Gasteiger partial charge in [0.1, 0.15) is 5.82 Å². The average molecular weight is 457 g/mol. The third-order valence-corrected chi connectivity index (χ3v) is 6.08. The third kappa shape index (κ3) is 4.75. The van der Waals surface area contributed by atoms with Gasteiger partial charge in [-0.05, 0) is 49.4 Å². The number of benzene rings is 3. The van der Waals surface area contributed by atoms with E-state index in [0.717, 1.165) is 16.7 Å². The van der Waals surface area contributed by atoms with Crippen LogP contribution < -0.4 is 0 Å². The SMILES string of the molecule is Cc1cccc(-c2nnc(-c3ccc(C(=O)N4CCN(Cc5ccccc5F)CC4)cc3)o2)c1. The Balaban J connectivity index is 1.20. The maximum Gasteiger partial charge on any atom is 0.253 e. The smallest absolute Gasteiger partial charge is 0.253 e. The highest BCUT2D eigenvalue weighted by atomic mass is 19.1. The van der Waals surface area contributed by atoms with Gasteiger partial charge in [-0.25, -0.2) is 4.39 Å². The van der Waals surface area contributed by atoms with Crippen LogP contribution in [0.5, 0.6) is 0 Å². The second kappa shape index (κ2) is 9.57. The van der Waals surface area contributed by atoms with E-state index in [0.29, 0.717) is 55.6 Å². The molecule has 7 heteroatoms. The molecule has 5 rings (SSSR count). The van der Waals surface area contributed by atoms with E-state index in [2.05, 4.69) is 15.1 Å². The zero-order chi connectivity index (χ0) is 23.5. The normalized spacial score (nSPS) is 14.4. The summed E-state index contributed by atoms with van der Waals surface area (Å²) in [6.07, 6.45) is 0. The second-order valence-corrected chi connectivity index (χ2v) is 8.52. The zero-order valence-electron chi connectivity index (χ0n) is 18.9. The fourth-order valence-corrected chi connectivity index (χ4v) is 4.15. The lowest BCUT2D eigenvalue weighted by Gasteiger charge is -2.34. The van der Waals surface area contributed by atoms with Crippen molar-refractivity contribution in [2.75, 3.05) is 26.2 Å². The fraction of sp³-hybridized carbons (Fsp3) is 0.222. The van der Waals surface area contributed by atoms with Crippen LogP contribution in [0.2, 0.25) is 0 Å². The fourth-order valence-electron chi connectivity index (χ4n) is 4.15. The highest BCUT2D eigenvalue weighted by molar-refractivity contribution is 5.94. The molecule has 0 bridgehead atoms. The lowest BCUT2D eigenvalue weighted by molar-refractivity contribution is 0.0627. The second-order valence-electron chi connectivity index (χ2n) is 8.52. The Hall–Kier alpha value is -3.84. The van der Waals surface area contributed by atoms with Gasteiger partial charge in [0.05, 0.1) is 0 Å². The summed E-state index contributed by atoms with van der Waals surface area (Å²) in [4.78, 5) is 17.0. The van der Waals surface area contributed by atoms with E-state index in [4.69, 9.17) is 4.42 Å². The zero-order valence-corrected chi connectivity index (χ0v) is 18.9. The van der Waals surface area contributed by atoms with Crippen LogP contribution in [0.4, 0.5) is 4.39 Å². The number of halogens is 1. The number of nitrogens with zero attached hydrogens (tertiary/aromatic N) is 4. The number of aryl methyl sites for hydroxylation is 1. The topological polar surface area (TPSA) is 62.5 Å². The van der Waals surface area contributed by atoms with Gasteiger partial charge in [0, 0.05) is 55.0 Å². The van der Waals surface area contributed by atoms with Gasteiger partial charge in [-0.3, -0.25) is 9.69 Å². The molecule has 172 valence electrons. The Bertz CT molecular complexity index is 1290. The van der Waals surface area contributed by atoms with Gasteiger partial charge in [-0.1, -0.05) is 35.9 Å². The molecule has 1 saturated heterocycles. The molecule has 3 aromatic carbocycles. The van der Waals surface area contributed by atoms with Gasteiger partial charge in [0.25, 0.3) is 5.91 Å². The molecule has 0 saturated carbocycles. The molecule has 0 unspecified atom stereocenters. The van der Waals surface area contributed by atoms with Crippen molar-refractivity contribution in [3.63, 3.8) is 0 Å². The van der Waals surface area contributed by atoms with Crippen LogP contribution in [0.3, 0.4) is 0 Å². The van der Waals surface area contributed by atoms with Gasteiger partial charge in [0.2, 0.25) is 11.8 Å². The van der Waals surface area contributed by atoms with Gasteiger partial charge in [0.15, 0.2) is 0 Å². The summed E-state index contributed by atoms with van der Waals surface area (Å²) in [6.45, 7) is 5.21. The summed E-state index contributed by atoms with van der Waals surface area (Å²) in [5.74, 6) is 0.681. The first-order valence-electron chi connectivity index (χ1n) is 11.3. The summed E-state index contributed by atoms with van der Waals surface area (Å²) >= 11 is 0. The molecule has 1 aromatic heterocycles. The van der Waals surface area contributed by atoms with E-state index in [-0.39, 0.29) is 11.7 Å². The van der Waals surface area contributed by atoms with E-state index < -0.39 is 0 Å². The lowest BCUT2D eigenvalue weighted by Crippen LogP contribution is -2.48. The molecule has 0 radical (unpaired) electrons. The molecule has 0 atom stereocenters. The number of amides is 1. The molecule has 6 nitrogen and oxygen atoms in total. The third-order valence-electron chi connectivity index (χ3n) is 6.08. The maximum absolute atomic E-state index is 13.9. The van der Waals surface area contributed by atoms with Gasteiger partial charge < -0.3 is 9.32 Å². The Morgan fingerprint density at radius 3 is 2.29 bits per heavy atom. The predicted molar refractivity (Wildman–Crippen MR) is 127 cm³/mol. The first-order chi connectivity index (χ1) is 16.6. The van der Waals surface area contributed by atoms with E-state index >= 15 is 0 Å². The molecule has 34 heavy (non-hydrogen) atoms. The van der Waals surface area contributed by atoms with Gasteiger partial charge in [-0.15, -0.1) is 10.2 Å². The number of carbonyl (C=O) groups excluding carboxylic acids is 1. The molecule has 1 amide bonds. The first kappa shape index (κ1) is 22.0. The quantitative estimate of drug-likeness (QED) is 0.431. The average Bonchev–Trinajstić information content (AvgIpc) is 3.36. The van der Waals surface area contributed by atoms with Gasteiger partial charge >= 0.3 is 0 Å². The highest BCUT2D eigenvalue weighted by Crippen LogP contribution is 2.25. The molecule has 0 aliphatic carbocycles. The summed E-state index contributed by atoms with van der Waals surface area (Å²) in [5, 5.41) is 8.32. The molecule has 2 heterocycles. The van der Waals surface area contributed by atoms with E-state index in [1.54, 1.807) is 18.2 Å². The molecule has 4 aromatic rings. The number of piperazine rings is 1. The van der Waals surface area contributed by atoms with Crippen LogP contribution in [0.25, 0.3) is 22.9 Å². The van der Waals surface area contributed by atoms with E-state index in [9.17, 15) is 9.18 Å². The van der Waals surface area contributed by atoms with Crippen molar-refractivity contribution >= 4 is 5.91 Å². The first-order valence-corrected chi connectivity index (χ1v) is 11.3. The number of carbonyl (C=O) groups is 1. The van der Waals surface area contributed by atoms with Crippen molar-refractivity contribution in [1.29, 1.82) is 0 Å². The monoisotopic (exact) mass is 456 g/mol. The maximum atomic E-state index is 13.9. The Kier molecular flexibility index (Phi) is 6.18. The molecule has 1 aliphatic heterocycles. The molecule has 0 N–H and O–H groups in total. The predicted octanol–water partition coefficient (Wildman–Crippen LogP) is 4.81. The van der Waals surface area contributed by atoms with Crippen molar-refractivity contribution in [2.45, 2.75) is 13.5 Å². The molecular weight excluding hydrogens is 431 g/mol. The van der Waals surface area contributed by atoms with E-state index in [1.807, 2.05) is 60.4 Å². The minimum Gasteiger partial charge on any atom is -0.416 e. The summed E-state index contributed by atoms with van der Waals surface area (Å²) in [6, 6.07) is 22.0. The molecule has 1 aliphatic rings. The molecular formula is C27H25FN4O2. The van der Waals surface area contributed by atoms with E-state index in [1.165, 1.54) is 6.07 Å². The number of hydrogen-bond acceptors (Lipinski definition) is 5. The Labute approximate surface area is 197 Å². The Morgan fingerprint density at radius 2 is 1.59 bits per heavy atom. The Morgan fingerprint density at radius 1 is 0.882 bits per heavy atom. The van der Waals surface area contributed by atoms with Crippen LogP contribution in [0.1, 0.15) is 21.5 Å². The van der Waals surface area contributed by atoms with Crippen molar-refractivity contribution in [3.8, 4) is 22.9 Å². The minimum atomic E-state index is -0.187. The van der Waals surface area contributed by atoms with Crippen LogP contribution in [-0.4, -0.2) is 52.1 Å². The number of hydrogen-bond donors (Lipinski definition) is 0. The number of aromatic nitrogens is 2. The molecule has 0 spiro atoms. The van der Waals surface area contributed by atoms with Crippen LogP contribution in [0.15, 0.2) is 77.2 Å². The van der Waals surface area contributed by atoms with Crippen molar-refractivity contribution in [1.82, 2.24) is 20.0 Å². The standard InChI is InChI=1S/C27H25FN4O2/c1-19-5-4-7-22(17-19)26-30-29-25(34-26)20-9-11-21(12-10-20)27(33)32-15-13-31(14-16-32)18-23-6-2-3-8-24(23)28/h2-12,17H,13-16,18H2,1H3. The van der Waals surface area contributed by atoms with Gasteiger partial charge in [-0.2, -0.15) is 0 Å². The highest BCUT2D eigenvalue weighted by Gasteiger charge is 2.23. The minimum absolute atomic E-state index is 0.0110. The van der Waals surface area contributed by atoms with Crippen LogP contribution in [0, 0.1) is 12.7 Å². The van der Waals surface area contributed by atoms with Crippen LogP contribution in [-0.2, 0) is 6.54 Å². The number of rotatable bonds is 5. The summed E-state index contributed by atoms with van der Waals surface area (Å²) in [7, 11) is 0. The summed E-state index contributed by atoms with van der Waals surface area (Å²) < 4.78 is 19.8. The largest absolute Gasteiger partial charge is 0.416 e. The lowest BCUT2D eigenvalue weighted by atomic mass is 10.1.